The Balaban J connectivity index is 2.19. The highest BCUT2D eigenvalue weighted by Gasteiger charge is 2.23. The molecule has 2 amide bonds. The summed E-state index contributed by atoms with van der Waals surface area (Å²) in [6.45, 7) is 0. The number of methoxy groups -OCH3 is 3. The lowest BCUT2D eigenvalue weighted by Crippen LogP contribution is -2.44. The van der Waals surface area contributed by atoms with Crippen LogP contribution in [0, 0.1) is 0 Å². The second-order valence-electron chi connectivity index (χ2n) is 5.69. The van der Waals surface area contributed by atoms with Crippen LogP contribution in [0.1, 0.15) is 17.0 Å². The molecular weight excluding hydrogens is 384 g/mol. The fourth-order valence-electron chi connectivity index (χ4n) is 2.52. The highest BCUT2D eigenvalue weighted by Crippen LogP contribution is 2.39. The number of hydrogen-bond donors (Lipinski definition) is 2. The summed E-state index contributed by atoms with van der Waals surface area (Å²) in [7, 11) is 4.49. The topological polar surface area (TPSA) is 99.0 Å². The molecule has 8 nitrogen and oxygen atoms in total. The lowest BCUT2D eigenvalue weighted by atomic mass is 10.2. The highest BCUT2D eigenvalue weighted by atomic mass is 32.2. The van der Waals surface area contributed by atoms with Crippen LogP contribution in [0.5, 0.6) is 17.2 Å². The van der Waals surface area contributed by atoms with E-state index in [2.05, 4.69) is 10.6 Å². The van der Waals surface area contributed by atoms with E-state index in [-0.39, 0.29) is 11.7 Å². The minimum Gasteiger partial charge on any atom is -0.493 e. The SMILES string of the molecule is COc1cc(NC(=O)[C@@H](CCSC)NC(=O)c2ccco2)cc(OC)c1OC. The number of nitrogens with one attached hydrogen (secondary N) is 2. The van der Waals surface area contributed by atoms with E-state index in [4.69, 9.17) is 18.6 Å². The lowest BCUT2D eigenvalue weighted by Gasteiger charge is -2.19. The second kappa shape index (κ2) is 10.5. The molecule has 0 saturated heterocycles. The molecule has 152 valence electrons. The maximum absolute atomic E-state index is 12.8. The van der Waals surface area contributed by atoms with Crippen molar-refractivity contribution in [2.45, 2.75) is 12.5 Å². The predicted octanol–water partition coefficient (Wildman–Crippen LogP) is 2.80. The molecule has 0 bridgehead atoms. The molecule has 2 N–H and O–H groups in total. The Morgan fingerprint density at radius 2 is 1.82 bits per heavy atom. The summed E-state index contributed by atoms with van der Waals surface area (Å²) in [4.78, 5) is 25.1. The Hall–Kier alpha value is -2.81. The summed E-state index contributed by atoms with van der Waals surface area (Å²) < 4.78 is 21.0. The number of amides is 2. The first kappa shape index (κ1) is 21.5. The van der Waals surface area contributed by atoms with E-state index in [9.17, 15) is 9.59 Å². The van der Waals surface area contributed by atoms with Crippen LogP contribution in [0.25, 0.3) is 0 Å². The first-order valence-corrected chi connectivity index (χ1v) is 9.87. The van der Waals surface area contributed by atoms with Crippen LogP contribution in [0.4, 0.5) is 5.69 Å². The molecule has 0 aliphatic carbocycles. The Kier molecular flexibility index (Phi) is 8.06. The molecule has 1 heterocycles. The van der Waals surface area contributed by atoms with Crippen molar-refractivity contribution in [2.75, 3.05) is 38.7 Å². The van der Waals surface area contributed by atoms with E-state index in [1.165, 1.54) is 33.7 Å². The van der Waals surface area contributed by atoms with Crippen LogP contribution in [-0.4, -0.2) is 51.2 Å². The summed E-state index contributed by atoms with van der Waals surface area (Å²) in [5.74, 6) is 1.29. The molecule has 2 aromatic rings. The van der Waals surface area contributed by atoms with Gasteiger partial charge in [-0.15, -0.1) is 0 Å². The summed E-state index contributed by atoms with van der Waals surface area (Å²) in [5, 5.41) is 5.50. The van der Waals surface area contributed by atoms with Gasteiger partial charge >= 0.3 is 0 Å². The number of anilines is 1. The predicted molar refractivity (Wildman–Crippen MR) is 108 cm³/mol. The zero-order valence-corrected chi connectivity index (χ0v) is 17.1. The third kappa shape index (κ3) is 5.35. The van der Waals surface area contributed by atoms with Crippen LogP contribution >= 0.6 is 11.8 Å². The van der Waals surface area contributed by atoms with E-state index in [0.29, 0.717) is 35.1 Å². The van der Waals surface area contributed by atoms with Crippen molar-refractivity contribution in [3.63, 3.8) is 0 Å². The maximum Gasteiger partial charge on any atom is 0.287 e. The van der Waals surface area contributed by atoms with Gasteiger partial charge in [-0.2, -0.15) is 11.8 Å². The maximum atomic E-state index is 12.8. The standard InChI is InChI=1S/C19H24N2O6S/c1-24-15-10-12(11-16(25-2)17(15)26-3)20-18(22)13(7-9-28-4)21-19(23)14-6-5-8-27-14/h5-6,8,10-11,13H,7,9H2,1-4H3,(H,20,22)(H,21,23)/t13-/m1/s1. The van der Waals surface area contributed by atoms with Crippen LogP contribution in [-0.2, 0) is 4.79 Å². The van der Waals surface area contributed by atoms with Gasteiger partial charge in [-0.1, -0.05) is 0 Å². The van der Waals surface area contributed by atoms with Crippen molar-refractivity contribution in [1.29, 1.82) is 0 Å². The van der Waals surface area contributed by atoms with Gasteiger partial charge in [-0.3, -0.25) is 9.59 Å². The van der Waals surface area contributed by atoms with Gasteiger partial charge in [-0.05, 0) is 30.6 Å². The number of benzene rings is 1. The molecule has 0 saturated carbocycles. The largest absolute Gasteiger partial charge is 0.493 e. The van der Waals surface area contributed by atoms with Gasteiger partial charge in [0.2, 0.25) is 11.7 Å². The van der Waals surface area contributed by atoms with E-state index in [1.807, 2.05) is 6.26 Å². The van der Waals surface area contributed by atoms with Crippen LogP contribution in [0.3, 0.4) is 0 Å². The molecule has 0 radical (unpaired) electrons. The van der Waals surface area contributed by atoms with E-state index in [0.717, 1.165) is 0 Å². The van der Waals surface area contributed by atoms with Crippen LogP contribution in [0.2, 0.25) is 0 Å². The minimum absolute atomic E-state index is 0.148. The molecule has 9 heteroatoms. The summed E-state index contributed by atoms with van der Waals surface area (Å²) in [6, 6.07) is 5.67. The number of hydrogen-bond acceptors (Lipinski definition) is 7. The first-order chi connectivity index (χ1) is 13.5. The van der Waals surface area contributed by atoms with Gasteiger partial charge < -0.3 is 29.3 Å². The first-order valence-electron chi connectivity index (χ1n) is 8.48. The number of carbonyl (C=O) groups is 2. The molecule has 0 spiro atoms. The lowest BCUT2D eigenvalue weighted by molar-refractivity contribution is -0.118. The third-order valence-electron chi connectivity index (χ3n) is 3.91. The van der Waals surface area contributed by atoms with Gasteiger partial charge in [0.15, 0.2) is 17.3 Å². The van der Waals surface area contributed by atoms with Crippen molar-refractivity contribution in [3.05, 3.63) is 36.3 Å². The molecule has 28 heavy (non-hydrogen) atoms. The quantitative estimate of drug-likeness (QED) is 0.624. The monoisotopic (exact) mass is 408 g/mol. The van der Waals surface area contributed by atoms with Gasteiger partial charge in [0, 0.05) is 17.8 Å². The molecule has 2 rings (SSSR count). The third-order valence-corrected chi connectivity index (χ3v) is 4.55. The summed E-state index contributed by atoms with van der Waals surface area (Å²) in [5.41, 5.74) is 0.459. The molecule has 0 unspecified atom stereocenters. The number of rotatable bonds is 10. The van der Waals surface area contributed by atoms with Crippen molar-refractivity contribution in [2.24, 2.45) is 0 Å². The molecule has 0 fully saturated rings. The van der Waals surface area contributed by atoms with Gasteiger partial charge in [0.05, 0.1) is 27.6 Å². The Morgan fingerprint density at radius 1 is 1.14 bits per heavy atom. The van der Waals surface area contributed by atoms with Crippen molar-refractivity contribution in [3.8, 4) is 17.2 Å². The molecule has 1 aromatic heterocycles. The van der Waals surface area contributed by atoms with E-state index < -0.39 is 11.9 Å². The number of ether oxygens (including phenoxy) is 3. The van der Waals surface area contributed by atoms with Crippen molar-refractivity contribution >= 4 is 29.3 Å². The second-order valence-corrected chi connectivity index (χ2v) is 6.67. The number of thioether (sulfide) groups is 1. The fraction of sp³-hybridized carbons (Fsp3) is 0.368. The molecule has 0 aliphatic heterocycles. The van der Waals surface area contributed by atoms with Crippen LogP contribution in [0.15, 0.2) is 34.9 Å². The van der Waals surface area contributed by atoms with E-state index >= 15 is 0 Å². The molecule has 0 aliphatic rings. The highest BCUT2D eigenvalue weighted by molar-refractivity contribution is 7.98. The molecular formula is C19H24N2O6S. The molecule has 1 aromatic carbocycles. The number of furan rings is 1. The summed E-state index contributed by atoms with van der Waals surface area (Å²) >= 11 is 1.58. The Morgan fingerprint density at radius 3 is 2.32 bits per heavy atom. The van der Waals surface area contributed by atoms with Gasteiger partial charge in [0.25, 0.3) is 5.91 Å². The van der Waals surface area contributed by atoms with Gasteiger partial charge in [0.1, 0.15) is 6.04 Å². The average molecular weight is 408 g/mol. The van der Waals surface area contributed by atoms with Crippen LogP contribution < -0.4 is 24.8 Å². The van der Waals surface area contributed by atoms with Gasteiger partial charge in [-0.25, -0.2) is 0 Å². The van der Waals surface area contributed by atoms with Crippen molar-refractivity contribution < 1.29 is 28.2 Å². The Bertz CT molecular complexity index is 769. The minimum atomic E-state index is -0.732. The Labute approximate surface area is 167 Å². The summed E-state index contributed by atoms with van der Waals surface area (Å²) in [6.07, 6.45) is 3.80. The van der Waals surface area contributed by atoms with E-state index in [1.54, 1.807) is 30.0 Å². The van der Waals surface area contributed by atoms with Crippen molar-refractivity contribution in [1.82, 2.24) is 5.32 Å². The average Bonchev–Trinajstić information content (AvgIpc) is 3.25. The molecule has 1 atom stereocenters. The smallest absolute Gasteiger partial charge is 0.287 e. The normalized spacial score (nSPS) is 11.4. The zero-order chi connectivity index (χ0) is 20.5. The fourth-order valence-corrected chi connectivity index (χ4v) is 3.00. The number of carbonyl (C=O) groups excluding carboxylic acids is 2. The zero-order valence-electron chi connectivity index (χ0n) is 16.2.